The van der Waals surface area contributed by atoms with Crippen LogP contribution in [0, 0.1) is 20.8 Å². The fraction of sp³-hybridized carbons (Fsp3) is 0.419. The second-order valence-electron chi connectivity index (χ2n) is 10.9. The van der Waals surface area contributed by atoms with Crippen LogP contribution in [-0.4, -0.2) is 77.8 Å². The Hall–Kier alpha value is -3.77. The van der Waals surface area contributed by atoms with Crippen LogP contribution in [0.2, 0.25) is 5.02 Å². The lowest BCUT2D eigenvalue weighted by molar-refractivity contribution is 0.108. The first-order chi connectivity index (χ1) is 20.8. The van der Waals surface area contributed by atoms with Gasteiger partial charge in [-0.3, -0.25) is 0 Å². The van der Waals surface area contributed by atoms with E-state index in [4.69, 9.17) is 40.5 Å². The van der Waals surface area contributed by atoms with Crippen LogP contribution < -0.4 is 19.9 Å². The van der Waals surface area contributed by atoms with Crippen LogP contribution in [0.1, 0.15) is 28.3 Å². The molecule has 0 aliphatic carbocycles. The molecule has 0 bridgehead atoms. The smallest absolute Gasteiger partial charge is 0.163 e. The highest BCUT2D eigenvalue weighted by molar-refractivity contribution is 6.33. The third kappa shape index (κ3) is 6.03. The normalized spacial score (nSPS) is 15.6. The highest BCUT2D eigenvalue weighted by atomic mass is 35.5. The van der Waals surface area contributed by atoms with E-state index in [9.17, 15) is 5.11 Å². The molecule has 5 heterocycles. The Morgan fingerprint density at radius 2 is 1.86 bits per heavy atom. The molecule has 0 spiro atoms. The second-order valence-corrected chi connectivity index (χ2v) is 11.3. The Balaban J connectivity index is 1.39. The van der Waals surface area contributed by atoms with Crippen LogP contribution in [0.15, 0.2) is 34.9 Å². The molecule has 2 aliphatic rings. The van der Waals surface area contributed by atoms with E-state index in [1.807, 2.05) is 26.8 Å². The van der Waals surface area contributed by atoms with Gasteiger partial charge in [0.25, 0.3) is 0 Å². The summed E-state index contributed by atoms with van der Waals surface area (Å²) in [5.74, 6) is 3.47. The number of aryl methyl sites for hydroxylation is 2. The number of nitrogens with zero attached hydrogens (tertiary/aromatic N) is 6. The fourth-order valence-electron chi connectivity index (χ4n) is 5.61. The van der Waals surface area contributed by atoms with Gasteiger partial charge in [0.05, 0.1) is 47.4 Å². The molecule has 2 N–H and O–H groups in total. The van der Waals surface area contributed by atoms with E-state index in [-0.39, 0.29) is 6.61 Å². The van der Waals surface area contributed by atoms with Gasteiger partial charge >= 0.3 is 0 Å². The largest absolute Gasteiger partial charge is 0.491 e. The SMILES string of the molecule is CNC[C@@H](O)COc1ccc(Cl)c(-c2nc(-c3c(C)noc3C)c(C)c(N3Cc4ccc(N5CCOCC5)nc4C3)n2)c1. The van der Waals surface area contributed by atoms with Gasteiger partial charge in [0.15, 0.2) is 5.82 Å². The first-order valence-electron chi connectivity index (χ1n) is 14.5. The molecule has 11 nitrogen and oxygen atoms in total. The number of ether oxygens (including phenoxy) is 2. The molecule has 0 radical (unpaired) electrons. The van der Waals surface area contributed by atoms with E-state index in [1.165, 1.54) is 5.56 Å². The molecule has 12 heteroatoms. The minimum absolute atomic E-state index is 0.137. The van der Waals surface area contributed by atoms with Crippen molar-refractivity contribution in [1.82, 2.24) is 25.4 Å². The van der Waals surface area contributed by atoms with Crippen LogP contribution in [-0.2, 0) is 17.8 Å². The molecule has 0 unspecified atom stereocenters. The molecule has 0 saturated carbocycles. The molecule has 3 aromatic heterocycles. The number of aliphatic hydroxyl groups is 1. The van der Waals surface area contributed by atoms with Crippen molar-refractivity contribution in [1.29, 1.82) is 0 Å². The number of halogens is 1. The first-order valence-corrected chi connectivity index (χ1v) is 14.8. The number of benzene rings is 1. The van der Waals surface area contributed by atoms with Crippen LogP contribution in [0.5, 0.6) is 5.75 Å². The van der Waals surface area contributed by atoms with Gasteiger partial charge < -0.3 is 34.2 Å². The molecule has 226 valence electrons. The van der Waals surface area contributed by atoms with Gasteiger partial charge in [-0.25, -0.2) is 15.0 Å². The highest BCUT2D eigenvalue weighted by Crippen LogP contribution is 2.39. The summed E-state index contributed by atoms with van der Waals surface area (Å²) >= 11 is 6.74. The van der Waals surface area contributed by atoms with Gasteiger partial charge in [0.2, 0.25) is 0 Å². The number of morpholine rings is 1. The average molecular weight is 606 g/mol. The van der Waals surface area contributed by atoms with Crippen molar-refractivity contribution in [3.63, 3.8) is 0 Å². The molecule has 1 aromatic carbocycles. The molecule has 1 atom stereocenters. The second kappa shape index (κ2) is 12.5. The van der Waals surface area contributed by atoms with Crippen molar-refractivity contribution in [2.24, 2.45) is 0 Å². The summed E-state index contributed by atoms with van der Waals surface area (Å²) in [6, 6.07) is 9.61. The Kier molecular flexibility index (Phi) is 8.49. The van der Waals surface area contributed by atoms with Gasteiger partial charge in [0.1, 0.15) is 35.9 Å². The van der Waals surface area contributed by atoms with Crippen molar-refractivity contribution in [3.05, 3.63) is 63.6 Å². The summed E-state index contributed by atoms with van der Waals surface area (Å²) in [6.45, 7) is 10.8. The Labute approximate surface area is 255 Å². The predicted octanol–water partition coefficient (Wildman–Crippen LogP) is 4.09. The molecule has 2 aliphatic heterocycles. The Bertz CT molecular complexity index is 1600. The zero-order valence-electron chi connectivity index (χ0n) is 24.9. The first kappa shape index (κ1) is 29.3. The number of rotatable bonds is 9. The van der Waals surface area contributed by atoms with Gasteiger partial charge in [-0.15, -0.1) is 0 Å². The zero-order chi connectivity index (χ0) is 30.1. The molecular formula is C31H36ClN7O4. The number of fused-ring (bicyclic) bond motifs is 1. The zero-order valence-corrected chi connectivity index (χ0v) is 25.6. The maximum atomic E-state index is 10.1. The van der Waals surface area contributed by atoms with E-state index in [0.717, 1.165) is 52.9 Å². The Morgan fingerprint density at radius 1 is 1.05 bits per heavy atom. The van der Waals surface area contributed by atoms with Crippen molar-refractivity contribution in [2.45, 2.75) is 40.0 Å². The van der Waals surface area contributed by atoms with Crippen LogP contribution in [0.4, 0.5) is 11.6 Å². The van der Waals surface area contributed by atoms with E-state index in [1.54, 1.807) is 19.2 Å². The van der Waals surface area contributed by atoms with Crippen molar-refractivity contribution < 1.29 is 19.1 Å². The number of aliphatic hydroxyl groups excluding tert-OH is 1. The van der Waals surface area contributed by atoms with E-state index in [2.05, 4.69) is 32.4 Å². The van der Waals surface area contributed by atoms with E-state index in [0.29, 0.717) is 60.8 Å². The summed E-state index contributed by atoms with van der Waals surface area (Å²) in [6.07, 6.45) is -0.647. The summed E-state index contributed by atoms with van der Waals surface area (Å²) in [7, 11) is 1.78. The standard InChI is InChI=1S/C31H36ClN7O4/c1-18-29(28-19(2)37-43-20(28)3)35-30(24-13-23(6-7-25(24)32)42-17-22(40)14-33-4)36-31(18)39-15-21-5-8-27(34-26(21)16-39)38-9-11-41-12-10-38/h5-8,13,22,33,40H,9-12,14-17H2,1-4H3/t22-/m1/s1. The molecule has 43 heavy (non-hydrogen) atoms. The van der Waals surface area contributed by atoms with Crippen LogP contribution >= 0.6 is 11.6 Å². The maximum Gasteiger partial charge on any atom is 0.163 e. The number of nitrogens with one attached hydrogen (secondary N) is 1. The molecule has 6 rings (SSSR count). The van der Waals surface area contributed by atoms with E-state index >= 15 is 0 Å². The maximum absolute atomic E-state index is 10.1. The van der Waals surface area contributed by atoms with Crippen molar-refractivity contribution in [3.8, 4) is 28.4 Å². The molecule has 1 fully saturated rings. The number of likely N-dealkylation sites (N-methyl/N-ethyl adjacent to an activating group) is 1. The number of pyridine rings is 1. The molecule has 1 saturated heterocycles. The van der Waals surface area contributed by atoms with E-state index < -0.39 is 6.10 Å². The van der Waals surface area contributed by atoms with Crippen molar-refractivity contribution >= 4 is 23.2 Å². The monoisotopic (exact) mass is 605 g/mol. The van der Waals surface area contributed by atoms with Crippen LogP contribution in [0.25, 0.3) is 22.6 Å². The molecule has 0 amide bonds. The quantitative estimate of drug-likeness (QED) is 0.287. The molecule has 4 aromatic rings. The van der Waals surface area contributed by atoms with Gasteiger partial charge in [-0.05, 0) is 57.6 Å². The number of aromatic nitrogens is 4. The minimum atomic E-state index is -0.647. The summed E-state index contributed by atoms with van der Waals surface area (Å²) < 4.78 is 16.9. The van der Waals surface area contributed by atoms with Gasteiger partial charge in [0, 0.05) is 37.3 Å². The highest BCUT2D eigenvalue weighted by Gasteiger charge is 2.28. The molecular weight excluding hydrogens is 570 g/mol. The van der Waals surface area contributed by atoms with Crippen molar-refractivity contribution in [2.75, 3.05) is 56.3 Å². The third-order valence-electron chi connectivity index (χ3n) is 7.84. The topological polar surface area (TPSA) is 122 Å². The lowest BCUT2D eigenvalue weighted by Crippen LogP contribution is -2.36. The fourth-order valence-corrected chi connectivity index (χ4v) is 5.81. The summed E-state index contributed by atoms with van der Waals surface area (Å²) in [5.41, 5.74) is 6.07. The lowest BCUT2D eigenvalue weighted by atomic mass is 10.0. The number of anilines is 2. The Morgan fingerprint density at radius 3 is 2.60 bits per heavy atom. The van der Waals surface area contributed by atoms with Crippen LogP contribution in [0.3, 0.4) is 0 Å². The summed E-state index contributed by atoms with van der Waals surface area (Å²) in [5, 5.41) is 17.7. The number of hydrogen-bond acceptors (Lipinski definition) is 11. The minimum Gasteiger partial charge on any atom is -0.491 e. The predicted molar refractivity (Wildman–Crippen MR) is 165 cm³/mol. The number of hydrogen-bond donors (Lipinski definition) is 2. The summed E-state index contributed by atoms with van der Waals surface area (Å²) in [4.78, 5) is 19.6. The third-order valence-corrected chi connectivity index (χ3v) is 8.17. The van der Waals surface area contributed by atoms with Gasteiger partial charge in [-0.2, -0.15) is 0 Å². The average Bonchev–Trinajstić information content (AvgIpc) is 3.59. The lowest BCUT2D eigenvalue weighted by Gasteiger charge is -2.28. The van der Waals surface area contributed by atoms with Gasteiger partial charge in [-0.1, -0.05) is 22.8 Å².